The largest absolute Gasteiger partial charge is 0.388 e. The molecule has 0 fully saturated rings. The first-order chi connectivity index (χ1) is 9.95. The lowest BCUT2D eigenvalue weighted by atomic mass is 9.89. The van der Waals surface area contributed by atoms with Gasteiger partial charge in [-0.25, -0.2) is 0 Å². The quantitative estimate of drug-likeness (QED) is 0.730. The van der Waals surface area contributed by atoms with Gasteiger partial charge in [0.05, 0.1) is 11.1 Å². The Kier molecular flexibility index (Phi) is 5.95. The van der Waals surface area contributed by atoms with Gasteiger partial charge in [0, 0.05) is 27.0 Å². The van der Waals surface area contributed by atoms with E-state index in [1.165, 1.54) is 0 Å². The molecule has 2 nitrogen and oxygen atoms in total. The maximum Gasteiger partial charge on any atom is 0.0872 e. The smallest absolute Gasteiger partial charge is 0.0872 e. The summed E-state index contributed by atoms with van der Waals surface area (Å²) in [6, 6.07) is 10.5. The van der Waals surface area contributed by atoms with Crippen LogP contribution in [0.15, 0.2) is 40.9 Å². The van der Waals surface area contributed by atoms with Gasteiger partial charge in [-0.3, -0.25) is 0 Å². The van der Waals surface area contributed by atoms with E-state index in [1.807, 2.05) is 0 Å². The molecule has 0 heterocycles. The monoisotopic (exact) mass is 407 g/mol. The van der Waals surface area contributed by atoms with E-state index in [2.05, 4.69) is 15.9 Å². The molecule has 0 aliphatic carbocycles. The van der Waals surface area contributed by atoms with E-state index in [9.17, 15) is 5.11 Å². The minimum Gasteiger partial charge on any atom is -0.388 e. The molecule has 2 unspecified atom stereocenters. The van der Waals surface area contributed by atoms with E-state index in [1.54, 1.807) is 36.4 Å². The second kappa shape index (κ2) is 7.32. The Morgan fingerprint density at radius 3 is 2.19 bits per heavy atom. The summed E-state index contributed by atoms with van der Waals surface area (Å²) in [7, 11) is 0. The van der Waals surface area contributed by atoms with Crippen molar-refractivity contribution in [2.45, 2.75) is 12.0 Å². The molecule has 112 valence electrons. The maximum absolute atomic E-state index is 10.6. The van der Waals surface area contributed by atoms with Crippen molar-refractivity contribution < 1.29 is 5.11 Å². The number of benzene rings is 2. The minimum atomic E-state index is -0.832. The summed E-state index contributed by atoms with van der Waals surface area (Å²) < 4.78 is 0.710. The first kappa shape index (κ1) is 17.1. The van der Waals surface area contributed by atoms with E-state index in [0.717, 1.165) is 0 Å². The molecule has 0 radical (unpaired) electrons. The molecule has 2 aromatic rings. The molecule has 0 saturated heterocycles. The molecule has 21 heavy (non-hydrogen) atoms. The average molecular weight is 410 g/mol. The Morgan fingerprint density at radius 1 is 1.05 bits per heavy atom. The van der Waals surface area contributed by atoms with Crippen molar-refractivity contribution in [3.8, 4) is 0 Å². The summed E-state index contributed by atoms with van der Waals surface area (Å²) in [5, 5.41) is 12.2. The summed E-state index contributed by atoms with van der Waals surface area (Å²) in [6.45, 7) is 0.213. The highest BCUT2D eigenvalue weighted by atomic mass is 79.9. The van der Waals surface area contributed by atoms with Crippen molar-refractivity contribution >= 4 is 50.7 Å². The van der Waals surface area contributed by atoms with Gasteiger partial charge in [-0.15, -0.1) is 0 Å². The van der Waals surface area contributed by atoms with Gasteiger partial charge in [0.25, 0.3) is 0 Å². The van der Waals surface area contributed by atoms with Crippen molar-refractivity contribution in [3.05, 3.63) is 67.1 Å². The summed E-state index contributed by atoms with van der Waals surface area (Å²) >= 11 is 21.7. The van der Waals surface area contributed by atoms with Gasteiger partial charge in [0.2, 0.25) is 0 Å². The lowest BCUT2D eigenvalue weighted by Gasteiger charge is -2.24. The van der Waals surface area contributed by atoms with Crippen LogP contribution in [-0.2, 0) is 0 Å². The predicted molar refractivity (Wildman–Crippen MR) is 92.4 cm³/mol. The van der Waals surface area contributed by atoms with Gasteiger partial charge < -0.3 is 10.8 Å². The van der Waals surface area contributed by atoms with E-state index in [0.29, 0.717) is 30.7 Å². The Bertz CT molecular complexity index is 631. The maximum atomic E-state index is 10.6. The first-order valence-corrected chi connectivity index (χ1v) is 8.15. The topological polar surface area (TPSA) is 46.2 Å². The molecule has 2 aromatic carbocycles. The fourth-order valence-corrected chi connectivity index (χ4v) is 3.39. The van der Waals surface area contributed by atoms with E-state index in [-0.39, 0.29) is 6.54 Å². The Morgan fingerprint density at radius 2 is 1.67 bits per heavy atom. The van der Waals surface area contributed by atoms with Crippen LogP contribution in [0.25, 0.3) is 0 Å². The highest BCUT2D eigenvalue weighted by Gasteiger charge is 2.26. The third kappa shape index (κ3) is 3.73. The average Bonchev–Trinajstić information content (AvgIpc) is 2.45. The van der Waals surface area contributed by atoms with Crippen LogP contribution in [0.1, 0.15) is 23.1 Å². The molecule has 0 aromatic heterocycles. The van der Waals surface area contributed by atoms with Crippen molar-refractivity contribution in [1.29, 1.82) is 0 Å². The summed E-state index contributed by atoms with van der Waals surface area (Å²) in [5.41, 5.74) is 7.18. The standard InChI is InChI=1S/C15H13BrCl3NO/c16-10-6-8(4-5-11(10)17)15(21)9(7-20)14-12(18)2-1-3-13(14)19/h1-6,9,15,21H,7,20H2. The molecule has 6 heteroatoms. The van der Waals surface area contributed by atoms with Gasteiger partial charge >= 0.3 is 0 Å². The molecule has 0 spiro atoms. The molecular formula is C15H13BrCl3NO. The zero-order valence-electron chi connectivity index (χ0n) is 10.9. The van der Waals surface area contributed by atoms with E-state index < -0.39 is 12.0 Å². The van der Waals surface area contributed by atoms with Crippen molar-refractivity contribution in [3.63, 3.8) is 0 Å². The second-order valence-corrected chi connectivity index (χ2v) is 6.67. The van der Waals surface area contributed by atoms with Gasteiger partial charge in [-0.05, 0) is 51.3 Å². The minimum absolute atomic E-state index is 0.213. The van der Waals surface area contributed by atoms with Crippen molar-refractivity contribution in [2.75, 3.05) is 6.54 Å². The molecule has 0 aliphatic rings. The van der Waals surface area contributed by atoms with Crippen LogP contribution in [0.2, 0.25) is 15.1 Å². The molecule has 0 saturated carbocycles. The Balaban J connectivity index is 2.43. The highest BCUT2D eigenvalue weighted by molar-refractivity contribution is 9.10. The lowest BCUT2D eigenvalue weighted by Crippen LogP contribution is -2.21. The lowest BCUT2D eigenvalue weighted by molar-refractivity contribution is 0.147. The number of halogens is 4. The molecule has 3 N–H and O–H groups in total. The number of aliphatic hydroxyl groups is 1. The van der Waals surface area contributed by atoms with Crippen LogP contribution < -0.4 is 5.73 Å². The molecule has 0 amide bonds. The van der Waals surface area contributed by atoms with Crippen molar-refractivity contribution in [1.82, 2.24) is 0 Å². The SMILES string of the molecule is NCC(c1c(Cl)cccc1Cl)C(O)c1ccc(Cl)c(Br)c1. The van der Waals surface area contributed by atoms with Gasteiger partial charge in [-0.2, -0.15) is 0 Å². The molecule has 2 atom stereocenters. The zero-order chi connectivity index (χ0) is 15.6. The van der Waals surface area contributed by atoms with Crippen molar-refractivity contribution in [2.24, 2.45) is 5.73 Å². The van der Waals surface area contributed by atoms with Crippen LogP contribution in [0.4, 0.5) is 0 Å². The van der Waals surface area contributed by atoms with Gasteiger partial charge in [-0.1, -0.05) is 46.9 Å². The van der Waals surface area contributed by atoms with Crippen LogP contribution in [0.3, 0.4) is 0 Å². The number of hydrogen-bond acceptors (Lipinski definition) is 2. The zero-order valence-corrected chi connectivity index (χ0v) is 14.7. The Labute approximate surface area is 146 Å². The van der Waals surface area contributed by atoms with Crippen LogP contribution >= 0.6 is 50.7 Å². The molecule has 2 rings (SSSR count). The summed E-state index contributed by atoms with van der Waals surface area (Å²) in [4.78, 5) is 0. The molecule has 0 aliphatic heterocycles. The normalized spacial score (nSPS) is 14.0. The first-order valence-electron chi connectivity index (χ1n) is 6.22. The second-order valence-electron chi connectivity index (χ2n) is 4.60. The van der Waals surface area contributed by atoms with Crippen LogP contribution in [0.5, 0.6) is 0 Å². The highest BCUT2D eigenvalue weighted by Crippen LogP contribution is 2.39. The van der Waals surface area contributed by atoms with Gasteiger partial charge in [0.1, 0.15) is 0 Å². The fraction of sp³-hybridized carbons (Fsp3) is 0.200. The third-order valence-electron chi connectivity index (χ3n) is 3.29. The third-order valence-corrected chi connectivity index (χ3v) is 5.16. The number of aliphatic hydroxyl groups excluding tert-OH is 1. The predicted octanol–water partition coefficient (Wildman–Crippen LogP) is 5.19. The Hall–Kier alpha value is -0.290. The number of nitrogens with two attached hydrogens (primary N) is 1. The summed E-state index contributed by atoms with van der Waals surface area (Å²) in [6.07, 6.45) is -0.832. The molecular weight excluding hydrogens is 396 g/mol. The van der Waals surface area contributed by atoms with E-state index in [4.69, 9.17) is 40.5 Å². The number of hydrogen-bond donors (Lipinski definition) is 2. The number of rotatable bonds is 4. The van der Waals surface area contributed by atoms with E-state index >= 15 is 0 Å². The van der Waals surface area contributed by atoms with Crippen LogP contribution in [-0.4, -0.2) is 11.7 Å². The fourth-order valence-electron chi connectivity index (χ4n) is 2.20. The van der Waals surface area contributed by atoms with Gasteiger partial charge in [0.15, 0.2) is 0 Å². The van der Waals surface area contributed by atoms with Crippen LogP contribution in [0, 0.1) is 0 Å². The molecule has 0 bridgehead atoms. The summed E-state index contributed by atoms with van der Waals surface area (Å²) in [5.74, 6) is -0.403.